The average Bonchev–Trinajstić information content (AvgIpc) is 3.44. The SMILES string of the molecule is O=C(Cn1nnc(-c2ccccc2)n1)N/N=C/c1ccc(-c2cccc([N+](=O)[O-])c2)o1. The maximum atomic E-state index is 12.0. The van der Waals surface area contributed by atoms with Crippen molar-refractivity contribution in [3.05, 3.63) is 82.6 Å². The lowest BCUT2D eigenvalue weighted by molar-refractivity contribution is -0.384. The Morgan fingerprint density at radius 3 is 2.74 bits per heavy atom. The molecule has 0 radical (unpaired) electrons. The maximum Gasteiger partial charge on any atom is 0.270 e. The summed E-state index contributed by atoms with van der Waals surface area (Å²) in [7, 11) is 0. The first kappa shape index (κ1) is 19.6. The van der Waals surface area contributed by atoms with Crippen LogP contribution in [-0.2, 0) is 11.3 Å². The third kappa shape index (κ3) is 4.85. The Morgan fingerprint density at radius 1 is 1.13 bits per heavy atom. The molecule has 11 nitrogen and oxygen atoms in total. The summed E-state index contributed by atoms with van der Waals surface area (Å²) in [6, 6.07) is 18.7. The lowest BCUT2D eigenvalue weighted by Crippen LogP contribution is -2.24. The molecule has 154 valence electrons. The molecule has 0 atom stereocenters. The number of aromatic nitrogens is 4. The summed E-state index contributed by atoms with van der Waals surface area (Å²) in [5.41, 5.74) is 3.68. The van der Waals surface area contributed by atoms with Gasteiger partial charge in [0.15, 0.2) is 0 Å². The summed E-state index contributed by atoms with van der Waals surface area (Å²) >= 11 is 0. The summed E-state index contributed by atoms with van der Waals surface area (Å²) in [5, 5.41) is 26.7. The molecule has 0 aliphatic rings. The molecule has 2 heterocycles. The van der Waals surface area contributed by atoms with Crippen LogP contribution in [0.4, 0.5) is 5.69 Å². The molecule has 0 unspecified atom stereocenters. The van der Waals surface area contributed by atoms with Gasteiger partial charge in [-0.2, -0.15) is 9.90 Å². The van der Waals surface area contributed by atoms with E-state index in [4.69, 9.17) is 4.42 Å². The van der Waals surface area contributed by atoms with E-state index in [0.29, 0.717) is 22.9 Å². The number of amides is 1. The molecule has 1 amide bonds. The topological polar surface area (TPSA) is 141 Å². The van der Waals surface area contributed by atoms with Gasteiger partial charge in [-0.05, 0) is 17.3 Å². The van der Waals surface area contributed by atoms with Crippen LogP contribution in [0.5, 0.6) is 0 Å². The number of rotatable bonds is 7. The van der Waals surface area contributed by atoms with E-state index in [1.165, 1.54) is 23.1 Å². The van der Waals surface area contributed by atoms with Crippen LogP contribution in [0.3, 0.4) is 0 Å². The predicted molar refractivity (Wildman–Crippen MR) is 110 cm³/mol. The number of nitro groups is 1. The number of benzene rings is 2. The Morgan fingerprint density at radius 2 is 1.94 bits per heavy atom. The van der Waals surface area contributed by atoms with Crippen molar-refractivity contribution in [1.29, 1.82) is 0 Å². The minimum Gasteiger partial charge on any atom is -0.455 e. The molecule has 0 spiro atoms. The summed E-state index contributed by atoms with van der Waals surface area (Å²) in [6.07, 6.45) is 1.32. The highest BCUT2D eigenvalue weighted by Gasteiger charge is 2.11. The molecular weight excluding hydrogens is 402 g/mol. The van der Waals surface area contributed by atoms with Crippen molar-refractivity contribution in [2.75, 3.05) is 0 Å². The molecule has 0 fully saturated rings. The third-order valence-corrected chi connectivity index (χ3v) is 4.12. The molecule has 31 heavy (non-hydrogen) atoms. The zero-order valence-corrected chi connectivity index (χ0v) is 16.0. The molecule has 11 heteroatoms. The number of hydrogen-bond acceptors (Lipinski definition) is 8. The standard InChI is InChI=1S/C20H15N7O4/c28-19(13-26-24-20(23-25-26)14-5-2-1-3-6-14)22-21-12-17-9-10-18(31-17)15-7-4-8-16(11-15)27(29)30/h1-12H,13H2,(H,22,28)/b21-12+. The second-order valence-corrected chi connectivity index (χ2v) is 6.31. The van der Waals surface area contributed by atoms with Crippen molar-refractivity contribution in [3.63, 3.8) is 0 Å². The molecule has 4 aromatic rings. The first-order valence-electron chi connectivity index (χ1n) is 9.08. The molecule has 0 aliphatic heterocycles. The number of nitrogens with zero attached hydrogens (tertiary/aromatic N) is 6. The third-order valence-electron chi connectivity index (χ3n) is 4.12. The summed E-state index contributed by atoms with van der Waals surface area (Å²) in [5.74, 6) is 0.781. The molecule has 2 aromatic carbocycles. The van der Waals surface area contributed by atoms with Crippen LogP contribution in [0.2, 0.25) is 0 Å². The lowest BCUT2D eigenvalue weighted by Gasteiger charge is -1.98. The highest BCUT2D eigenvalue weighted by atomic mass is 16.6. The molecule has 4 rings (SSSR count). The van der Waals surface area contributed by atoms with Crippen molar-refractivity contribution < 1.29 is 14.1 Å². The zero-order chi connectivity index (χ0) is 21.6. The fraction of sp³-hybridized carbons (Fsp3) is 0.0500. The van der Waals surface area contributed by atoms with Gasteiger partial charge >= 0.3 is 0 Å². The minimum atomic E-state index is -0.475. The lowest BCUT2D eigenvalue weighted by atomic mass is 10.1. The molecule has 0 saturated carbocycles. The van der Waals surface area contributed by atoms with Gasteiger partial charge in [-0.3, -0.25) is 14.9 Å². The molecular formula is C20H15N7O4. The zero-order valence-electron chi connectivity index (χ0n) is 16.0. The molecule has 0 bridgehead atoms. The number of nitrogens with one attached hydrogen (secondary N) is 1. The van der Waals surface area contributed by atoms with E-state index in [2.05, 4.69) is 25.9 Å². The summed E-state index contributed by atoms with van der Waals surface area (Å²) < 4.78 is 5.59. The van der Waals surface area contributed by atoms with E-state index in [1.807, 2.05) is 30.3 Å². The fourth-order valence-electron chi connectivity index (χ4n) is 2.69. The van der Waals surface area contributed by atoms with Crippen molar-refractivity contribution in [2.45, 2.75) is 6.54 Å². The molecule has 0 saturated heterocycles. The van der Waals surface area contributed by atoms with E-state index in [1.54, 1.807) is 24.3 Å². The first-order valence-corrected chi connectivity index (χ1v) is 9.08. The van der Waals surface area contributed by atoms with Gasteiger partial charge in [0, 0.05) is 23.3 Å². The van der Waals surface area contributed by atoms with E-state index in [9.17, 15) is 14.9 Å². The molecule has 0 aliphatic carbocycles. The Bertz CT molecular complexity index is 1250. The number of hydrogen-bond donors (Lipinski definition) is 1. The normalized spacial score (nSPS) is 11.0. The van der Waals surface area contributed by atoms with Crippen LogP contribution in [0.15, 0.2) is 76.2 Å². The van der Waals surface area contributed by atoms with Crippen LogP contribution in [0, 0.1) is 10.1 Å². The quantitative estimate of drug-likeness (QED) is 0.277. The molecule has 2 aromatic heterocycles. The number of nitro benzene ring substituents is 1. The monoisotopic (exact) mass is 417 g/mol. The van der Waals surface area contributed by atoms with Gasteiger partial charge in [0.05, 0.1) is 11.1 Å². The van der Waals surface area contributed by atoms with Crippen LogP contribution in [0.25, 0.3) is 22.7 Å². The largest absolute Gasteiger partial charge is 0.455 e. The maximum absolute atomic E-state index is 12.0. The van der Waals surface area contributed by atoms with Gasteiger partial charge in [0.2, 0.25) is 5.82 Å². The number of hydrazone groups is 1. The number of carbonyl (C=O) groups is 1. The summed E-state index contributed by atoms with van der Waals surface area (Å²) in [4.78, 5) is 23.6. The average molecular weight is 417 g/mol. The van der Waals surface area contributed by atoms with Crippen LogP contribution in [-0.4, -0.2) is 37.3 Å². The highest BCUT2D eigenvalue weighted by Crippen LogP contribution is 2.25. The van der Waals surface area contributed by atoms with Gasteiger partial charge in [-0.25, -0.2) is 5.43 Å². The van der Waals surface area contributed by atoms with E-state index >= 15 is 0 Å². The van der Waals surface area contributed by atoms with Gasteiger partial charge in [0.25, 0.3) is 11.6 Å². The van der Waals surface area contributed by atoms with Gasteiger partial charge in [-0.1, -0.05) is 42.5 Å². The van der Waals surface area contributed by atoms with Crippen LogP contribution >= 0.6 is 0 Å². The van der Waals surface area contributed by atoms with Crippen LogP contribution in [0.1, 0.15) is 5.76 Å². The number of tetrazole rings is 1. The number of furan rings is 1. The van der Waals surface area contributed by atoms with Crippen molar-refractivity contribution in [1.82, 2.24) is 25.6 Å². The Labute approximate surface area is 175 Å². The second-order valence-electron chi connectivity index (χ2n) is 6.31. The van der Waals surface area contributed by atoms with Crippen molar-refractivity contribution in [2.24, 2.45) is 5.10 Å². The predicted octanol–water partition coefficient (Wildman–Crippen LogP) is 2.66. The number of non-ortho nitro benzene ring substituents is 1. The summed E-state index contributed by atoms with van der Waals surface area (Å²) in [6.45, 7) is -0.158. The Kier molecular flexibility index (Phi) is 5.56. The first-order chi connectivity index (χ1) is 15.1. The van der Waals surface area contributed by atoms with Gasteiger partial charge < -0.3 is 4.42 Å². The van der Waals surface area contributed by atoms with Crippen molar-refractivity contribution in [3.8, 4) is 22.7 Å². The minimum absolute atomic E-state index is 0.0338. The number of carbonyl (C=O) groups excluding carboxylic acids is 1. The Hall–Kier alpha value is -4.67. The van der Waals surface area contributed by atoms with E-state index in [0.717, 1.165) is 5.56 Å². The van der Waals surface area contributed by atoms with Crippen LogP contribution < -0.4 is 5.43 Å². The fourth-order valence-corrected chi connectivity index (χ4v) is 2.69. The van der Waals surface area contributed by atoms with Gasteiger partial charge in [-0.15, -0.1) is 10.2 Å². The molecule has 1 N–H and O–H groups in total. The second kappa shape index (κ2) is 8.78. The van der Waals surface area contributed by atoms with E-state index < -0.39 is 10.8 Å². The van der Waals surface area contributed by atoms with E-state index in [-0.39, 0.29) is 12.2 Å². The Balaban J connectivity index is 1.34. The van der Waals surface area contributed by atoms with Gasteiger partial charge in [0.1, 0.15) is 18.1 Å². The van der Waals surface area contributed by atoms with Crippen molar-refractivity contribution >= 4 is 17.8 Å². The highest BCUT2D eigenvalue weighted by molar-refractivity contribution is 5.81. The smallest absolute Gasteiger partial charge is 0.270 e.